The number of hydrogen-bond acceptors (Lipinski definition) is 4. The minimum Gasteiger partial charge on any atom is -0.374 e. The molecule has 0 unspecified atom stereocenters. The fraction of sp³-hybridized carbons (Fsp3) is 0.412. The van der Waals surface area contributed by atoms with Crippen molar-refractivity contribution in [2.75, 3.05) is 13.3 Å². The number of halogens is 2. The van der Waals surface area contributed by atoms with E-state index in [2.05, 4.69) is 0 Å². The Labute approximate surface area is 142 Å². The van der Waals surface area contributed by atoms with Gasteiger partial charge in [0.05, 0.1) is 19.4 Å². The Morgan fingerprint density at radius 2 is 2.08 bits per heavy atom. The first-order valence-corrected chi connectivity index (χ1v) is 7.89. The lowest BCUT2D eigenvalue weighted by Crippen LogP contribution is -2.39. The van der Waals surface area contributed by atoms with Gasteiger partial charge >= 0.3 is 5.69 Å². The molecule has 2 atom stereocenters. The van der Waals surface area contributed by atoms with E-state index in [-0.39, 0.29) is 6.61 Å². The van der Waals surface area contributed by atoms with Crippen molar-refractivity contribution in [1.29, 1.82) is 0 Å². The molecule has 134 valence electrons. The lowest BCUT2D eigenvalue weighted by atomic mass is 10.0. The molecule has 1 aromatic heterocycles. The van der Waals surface area contributed by atoms with Crippen LogP contribution in [-0.4, -0.2) is 28.4 Å². The number of rotatable bonds is 6. The van der Waals surface area contributed by atoms with Crippen molar-refractivity contribution in [1.82, 2.24) is 9.55 Å². The zero-order valence-electron chi connectivity index (χ0n) is 13.4. The van der Waals surface area contributed by atoms with Crippen LogP contribution in [-0.2, 0) is 16.1 Å². The monoisotopic (exact) mass is 352 g/mol. The molecule has 1 aromatic carbocycles. The van der Waals surface area contributed by atoms with Gasteiger partial charge in [-0.15, -0.1) is 0 Å². The van der Waals surface area contributed by atoms with Crippen molar-refractivity contribution in [2.45, 2.75) is 31.3 Å². The normalized spacial score (nSPS) is 23.0. The molecule has 1 N–H and O–H groups in total. The lowest BCUT2D eigenvalue weighted by Gasteiger charge is -2.26. The smallest absolute Gasteiger partial charge is 0.330 e. The summed E-state index contributed by atoms with van der Waals surface area (Å²) in [6, 6.07) is 9.43. The lowest BCUT2D eigenvalue weighted by molar-refractivity contribution is -0.125. The Morgan fingerprint density at radius 1 is 1.32 bits per heavy atom. The molecule has 8 heteroatoms. The Kier molecular flexibility index (Phi) is 5.10. The number of H-pyrrole nitrogens is 1. The average molecular weight is 352 g/mol. The van der Waals surface area contributed by atoms with Crippen LogP contribution in [0.4, 0.5) is 8.78 Å². The van der Waals surface area contributed by atoms with E-state index < -0.39 is 35.6 Å². The molecule has 0 saturated carbocycles. The van der Waals surface area contributed by atoms with Gasteiger partial charge in [0.2, 0.25) is 5.82 Å². The second-order valence-corrected chi connectivity index (χ2v) is 6.05. The summed E-state index contributed by atoms with van der Waals surface area (Å²) in [6.07, 6.45) is 0.556. The zero-order valence-corrected chi connectivity index (χ0v) is 13.4. The van der Waals surface area contributed by atoms with Crippen LogP contribution in [0.25, 0.3) is 0 Å². The van der Waals surface area contributed by atoms with Crippen LogP contribution in [0.1, 0.15) is 24.6 Å². The van der Waals surface area contributed by atoms with Crippen molar-refractivity contribution >= 4 is 0 Å². The number of ether oxygens (including phenoxy) is 2. The summed E-state index contributed by atoms with van der Waals surface area (Å²) in [6.45, 7) is -0.474. The highest BCUT2D eigenvalue weighted by Gasteiger charge is 2.42. The standard InChI is InChI=1S/C17H18F2N2O4/c18-10-17(11-24-9-12-4-2-1-3-5-12)7-6-14(25-17)21-8-13(19)15(22)20-16(21)23/h1-5,8,14H,6-7,9-11H2,(H,20,22,23)/t14-,17+/m1/s1. The van der Waals surface area contributed by atoms with E-state index in [4.69, 9.17) is 9.47 Å². The maximum Gasteiger partial charge on any atom is 0.330 e. The molecule has 0 spiro atoms. The summed E-state index contributed by atoms with van der Waals surface area (Å²) in [4.78, 5) is 24.8. The largest absolute Gasteiger partial charge is 0.374 e. The second-order valence-electron chi connectivity index (χ2n) is 6.05. The summed E-state index contributed by atoms with van der Waals surface area (Å²) >= 11 is 0. The van der Waals surface area contributed by atoms with Gasteiger partial charge in [0.1, 0.15) is 18.5 Å². The maximum absolute atomic E-state index is 13.6. The van der Waals surface area contributed by atoms with Gasteiger partial charge in [-0.3, -0.25) is 14.3 Å². The Hall–Kier alpha value is -2.32. The van der Waals surface area contributed by atoms with E-state index in [1.54, 1.807) is 0 Å². The van der Waals surface area contributed by atoms with Gasteiger partial charge in [-0.2, -0.15) is 4.39 Å². The van der Waals surface area contributed by atoms with Crippen molar-refractivity contribution in [3.05, 3.63) is 68.7 Å². The van der Waals surface area contributed by atoms with E-state index in [1.165, 1.54) is 0 Å². The Bertz CT molecular complexity index is 837. The molecule has 1 saturated heterocycles. The molecule has 1 fully saturated rings. The van der Waals surface area contributed by atoms with Crippen LogP contribution in [0.2, 0.25) is 0 Å². The minimum absolute atomic E-state index is 0.00941. The van der Waals surface area contributed by atoms with Gasteiger partial charge in [0.25, 0.3) is 5.56 Å². The molecule has 2 heterocycles. The fourth-order valence-electron chi connectivity index (χ4n) is 2.84. The summed E-state index contributed by atoms with van der Waals surface area (Å²) in [5.74, 6) is -1.10. The molecular formula is C17H18F2N2O4. The Balaban J connectivity index is 1.67. The van der Waals surface area contributed by atoms with Gasteiger partial charge in [0, 0.05) is 0 Å². The average Bonchev–Trinajstić information content (AvgIpc) is 3.04. The van der Waals surface area contributed by atoms with Crippen LogP contribution in [0.3, 0.4) is 0 Å². The third-order valence-electron chi connectivity index (χ3n) is 4.19. The summed E-state index contributed by atoms with van der Waals surface area (Å²) in [5, 5.41) is 0. The molecule has 0 aliphatic carbocycles. The van der Waals surface area contributed by atoms with Crippen LogP contribution in [0, 0.1) is 5.82 Å². The first-order chi connectivity index (χ1) is 12.0. The predicted octanol–water partition coefficient (Wildman–Crippen LogP) is 1.91. The van der Waals surface area contributed by atoms with E-state index in [1.807, 2.05) is 35.3 Å². The number of alkyl halides is 1. The zero-order chi connectivity index (χ0) is 17.9. The van der Waals surface area contributed by atoms with Gasteiger partial charge in [-0.05, 0) is 18.4 Å². The number of nitrogens with zero attached hydrogens (tertiary/aromatic N) is 1. The van der Waals surface area contributed by atoms with Crippen LogP contribution in [0.15, 0.2) is 46.1 Å². The first kappa shape index (κ1) is 17.5. The third-order valence-corrected chi connectivity index (χ3v) is 4.19. The van der Waals surface area contributed by atoms with E-state index in [0.717, 1.165) is 16.3 Å². The second kappa shape index (κ2) is 7.28. The topological polar surface area (TPSA) is 73.3 Å². The first-order valence-electron chi connectivity index (χ1n) is 7.89. The SMILES string of the molecule is O=c1[nH]c(=O)n([C@H]2CC[C@](CF)(COCc3ccccc3)O2)cc1F. The van der Waals surface area contributed by atoms with Gasteiger partial charge in [-0.25, -0.2) is 9.18 Å². The minimum atomic E-state index is -1.19. The van der Waals surface area contributed by atoms with E-state index >= 15 is 0 Å². The summed E-state index contributed by atoms with van der Waals surface area (Å²) in [5.41, 5.74) is -2.13. The van der Waals surface area contributed by atoms with Crippen molar-refractivity contribution in [3.8, 4) is 0 Å². The number of aromatic amines is 1. The molecule has 1 aliphatic heterocycles. The maximum atomic E-state index is 13.6. The molecule has 0 bridgehead atoms. The third kappa shape index (κ3) is 3.85. The number of benzene rings is 1. The molecule has 6 nitrogen and oxygen atoms in total. The highest BCUT2D eigenvalue weighted by atomic mass is 19.1. The molecule has 3 rings (SSSR count). The van der Waals surface area contributed by atoms with Crippen molar-refractivity contribution in [2.24, 2.45) is 0 Å². The van der Waals surface area contributed by atoms with Crippen LogP contribution >= 0.6 is 0 Å². The molecule has 2 aromatic rings. The van der Waals surface area contributed by atoms with Gasteiger partial charge in [0.15, 0.2) is 0 Å². The molecule has 25 heavy (non-hydrogen) atoms. The fourth-order valence-corrected chi connectivity index (χ4v) is 2.84. The highest BCUT2D eigenvalue weighted by Crippen LogP contribution is 2.36. The summed E-state index contributed by atoms with van der Waals surface area (Å²) in [7, 11) is 0. The van der Waals surface area contributed by atoms with Crippen molar-refractivity contribution in [3.63, 3.8) is 0 Å². The molecule has 1 aliphatic rings. The van der Waals surface area contributed by atoms with Crippen molar-refractivity contribution < 1.29 is 18.3 Å². The quantitative estimate of drug-likeness (QED) is 0.862. The molecular weight excluding hydrogens is 334 g/mol. The van der Waals surface area contributed by atoms with Gasteiger partial charge in [-0.1, -0.05) is 30.3 Å². The molecule has 0 radical (unpaired) electrons. The number of nitrogens with one attached hydrogen (secondary N) is 1. The van der Waals surface area contributed by atoms with Crippen LogP contribution in [0.5, 0.6) is 0 Å². The summed E-state index contributed by atoms with van der Waals surface area (Å²) < 4.78 is 39.2. The van der Waals surface area contributed by atoms with Gasteiger partial charge < -0.3 is 9.47 Å². The predicted molar refractivity (Wildman–Crippen MR) is 85.4 cm³/mol. The number of aromatic nitrogens is 2. The number of hydrogen-bond donors (Lipinski definition) is 1. The Morgan fingerprint density at radius 3 is 2.80 bits per heavy atom. The van der Waals surface area contributed by atoms with Crippen LogP contribution < -0.4 is 11.2 Å². The van der Waals surface area contributed by atoms with E-state index in [9.17, 15) is 18.4 Å². The van der Waals surface area contributed by atoms with E-state index in [0.29, 0.717) is 19.4 Å². The molecule has 0 amide bonds. The highest BCUT2D eigenvalue weighted by molar-refractivity contribution is 5.13.